The molecule has 1 N–H and O–H groups in total. The molecule has 2 aromatic rings. The topological polar surface area (TPSA) is 96.4 Å². The summed E-state index contributed by atoms with van der Waals surface area (Å²) in [6, 6.07) is 13.6. The number of para-hydroxylation sites is 1. The summed E-state index contributed by atoms with van der Waals surface area (Å²) < 4.78 is 10.7. The number of amides is 2. The summed E-state index contributed by atoms with van der Waals surface area (Å²) in [5, 5.41) is 11.4. The first-order valence-electron chi connectivity index (χ1n) is 11.3. The number of aliphatic hydroxyl groups excluding tert-OH is 1. The van der Waals surface area contributed by atoms with E-state index in [1.807, 2.05) is 6.92 Å². The number of ketones is 1. The van der Waals surface area contributed by atoms with Gasteiger partial charge in [0.25, 0.3) is 17.6 Å². The predicted molar refractivity (Wildman–Crippen MR) is 127 cm³/mol. The molecule has 2 amide bonds. The fourth-order valence-corrected chi connectivity index (χ4v) is 4.71. The summed E-state index contributed by atoms with van der Waals surface area (Å²) in [5.74, 6) is -1.95. The molecular formula is C26H28N2O6. The maximum atomic E-state index is 13.8. The summed E-state index contributed by atoms with van der Waals surface area (Å²) >= 11 is 0. The number of hydrogen-bond acceptors (Lipinski definition) is 6. The molecule has 0 aliphatic carbocycles. The van der Waals surface area contributed by atoms with Gasteiger partial charge in [-0.15, -0.1) is 0 Å². The second-order valence-electron chi connectivity index (χ2n) is 8.32. The van der Waals surface area contributed by atoms with E-state index in [4.69, 9.17) is 9.47 Å². The standard InChI is InChI=1S/C26H28N2O6/c1-4-15-34-18-12-10-17(11-13-18)22(29)21-23(30)24(31)28(14-7-16-33-3)26(21)19-8-5-6-9-20(19)27(2)25(26)32/h5-6,8-13,29H,4,7,14-16H2,1-3H3/t26-/m0/s1. The molecule has 2 aromatic carbocycles. The van der Waals surface area contributed by atoms with Crippen molar-refractivity contribution in [1.29, 1.82) is 0 Å². The summed E-state index contributed by atoms with van der Waals surface area (Å²) in [6.07, 6.45) is 1.28. The molecule has 8 heteroatoms. The van der Waals surface area contributed by atoms with Crippen molar-refractivity contribution in [2.75, 3.05) is 38.8 Å². The number of methoxy groups -OCH3 is 1. The molecule has 2 heterocycles. The quantitative estimate of drug-likeness (QED) is 0.279. The van der Waals surface area contributed by atoms with Crippen molar-refractivity contribution in [1.82, 2.24) is 4.90 Å². The van der Waals surface area contributed by atoms with Gasteiger partial charge < -0.3 is 24.4 Å². The molecule has 0 unspecified atom stereocenters. The van der Waals surface area contributed by atoms with E-state index < -0.39 is 28.9 Å². The number of likely N-dealkylation sites (N-methyl/N-ethyl adjacent to an activating group) is 1. The van der Waals surface area contributed by atoms with E-state index >= 15 is 0 Å². The number of fused-ring (bicyclic) bond motifs is 2. The highest BCUT2D eigenvalue weighted by Gasteiger charge is 2.66. The maximum absolute atomic E-state index is 13.8. The van der Waals surface area contributed by atoms with Crippen molar-refractivity contribution >= 4 is 29.0 Å². The lowest BCUT2D eigenvalue weighted by atomic mass is 9.82. The number of carbonyl (C=O) groups excluding carboxylic acids is 3. The molecular weight excluding hydrogens is 436 g/mol. The largest absolute Gasteiger partial charge is 0.507 e. The Balaban J connectivity index is 1.91. The van der Waals surface area contributed by atoms with Crippen molar-refractivity contribution in [3.05, 3.63) is 65.2 Å². The molecule has 4 rings (SSSR count). The SMILES string of the molecule is CCCOc1ccc(C(O)=C2C(=O)C(=O)N(CCCOC)[C@]23C(=O)N(C)c2ccccc23)cc1. The molecule has 0 bridgehead atoms. The van der Waals surface area contributed by atoms with Gasteiger partial charge in [0.05, 0.1) is 12.2 Å². The third-order valence-corrected chi connectivity index (χ3v) is 6.27. The van der Waals surface area contributed by atoms with Crippen LogP contribution >= 0.6 is 0 Å². The number of aliphatic hydroxyl groups is 1. The molecule has 1 fully saturated rings. The lowest BCUT2D eigenvalue weighted by Crippen LogP contribution is -2.51. The van der Waals surface area contributed by atoms with Crippen LogP contribution in [0.3, 0.4) is 0 Å². The van der Waals surface area contributed by atoms with Crippen LogP contribution in [0.2, 0.25) is 0 Å². The normalized spacial score (nSPS) is 21.0. The summed E-state index contributed by atoms with van der Waals surface area (Å²) in [7, 11) is 3.15. The van der Waals surface area contributed by atoms with Gasteiger partial charge in [0.15, 0.2) is 5.54 Å². The van der Waals surface area contributed by atoms with E-state index in [-0.39, 0.29) is 12.1 Å². The first-order chi connectivity index (χ1) is 16.4. The number of benzene rings is 2. The third-order valence-electron chi connectivity index (χ3n) is 6.27. The molecule has 178 valence electrons. The number of ether oxygens (including phenoxy) is 2. The number of likely N-dealkylation sites (tertiary alicyclic amines) is 1. The Morgan fingerprint density at radius 3 is 2.41 bits per heavy atom. The maximum Gasteiger partial charge on any atom is 0.296 e. The average Bonchev–Trinajstić information content (AvgIpc) is 3.21. The molecule has 34 heavy (non-hydrogen) atoms. The number of hydrogen-bond donors (Lipinski definition) is 1. The minimum absolute atomic E-state index is 0.118. The van der Waals surface area contributed by atoms with Gasteiger partial charge in [-0.05, 0) is 43.2 Å². The molecule has 0 saturated carbocycles. The molecule has 8 nitrogen and oxygen atoms in total. The van der Waals surface area contributed by atoms with E-state index in [9.17, 15) is 19.5 Å². The van der Waals surface area contributed by atoms with Crippen molar-refractivity contribution < 1.29 is 29.0 Å². The van der Waals surface area contributed by atoms with Gasteiger partial charge in [-0.3, -0.25) is 14.4 Å². The minimum atomic E-state index is -1.74. The van der Waals surface area contributed by atoms with Crippen molar-refractivity contribution in [3.63, 3.8) is 0 Å². The van der Waals surface area contributed by atoms with E-state index in [2.05, 4.69) is 0 Å². The van der Waals surface area contributed by atoms with Crippen LogP contribution in [-0.2, 0) is 24.7 Å². The van der Waals surface area contributed by atoms with Gasteiger partial charge in [-0.25, -0.2) is 0 Å². The first kappa shape index (κ1) is 23.5. The highest BCUT2D eigenvalue weighted by molar-refractivity contribution is 6.50. The average molecular weight is 465 g/mol. The predicted octanol–water partition coefficient (Wildman–Crippen LogP) is 3.06. The highest BCUT2D eigenvalue weighted by Crippen LogP contribution is 2.53. The molecule has 2 aliphatic heterocycles. The minimum Gasteiger partial charge on any atom is -0.507 e. The van der Waals surface area contributed by atoms with E-state index in [1.165, 1.54) is 9.80 Å². The van der Waals surface area contributed by atoms with Crippen LogP contribution in [0.25, 0.3) is 5.76 Å². The van der Waals surface area contributed by atoms with Crippen LogP contribution in [-0.4, -0.2) is 61.5 Å². The van der Waals surface area contributed by atoms with Crippen LogP contribution < -0.4 is 9.64 Å². The monoisotopic (exact) mass is 464 g/mol. The summed E-state index contributed by atoms with van der Waals surface area (Å²) in [6.45, 7) is 3.02. The third kappa shape index (κ3) is 3.45. The number of carbonyl (C=O) groups is 3. The molecule has 2 aliphatic rings. The Morgan fingerprint density at radius 2 is 1.74 bits per heavy atom. The van der Waals surface area contributed by atoms with Crippen LogP contribution in [0, 0.1) is 0 Å². The Hall–Kier alpha value is -3.65. The number of anilines is 1. The number of nitrogens with zero attached hydrogens (tertiary/aromatic N) is 2. The number of rotatable bonds is 8. The molecule has 1 atom stereocenters. The number of Topliss-reactive ketones (excluding diaryl/α,β-unsaturated/α-hetero) is 1. The van der Waals surface area contributed by atoms with Gasteiger partial charge in [0, 0.05) is 44.1 Å². The second-order valence-corrected chi connectivity index (χ2v) is 8.32. The van der Waals surface area contributed by atoms with Gasteiger partial charge in [0.2, 0.25) is 0 Å². The lowest BCUT2D eigenvalue weighted by molar-refractivity contribution is -0.143. The van der Waals surface area contributed by atoms with E-state index in [0.29, 0.717) is 42.2 Å². The fourth-order valence-electron chi connectivity index (χ4n) is 4.71. The Bertz CT molecular complexity index is 1160. The zero-order chi connectivity index (χ0) is 24.5. The smallest absolute Gasteiger partial charge is 0.296 e. The van der Waals surface area contributed by atoms with Crippen molar-refractivity contribution in [2.24, 2.45) is 0 Å². The van der Waals surface area contributed by atoms with E-state index in [0.717, 1.165) is 6.42 Å². The zero-order valence-electron chi connectivity index (χ0n) is 19.5. The lowest BCUT2D eigenvalue weighted by Gasteiger charge is -2.34. The summed E-state index contributed by atoms with van der Waals surface area (Å²) in [5.41, 5.74) is -0.574. The molecule has 1 saturated heterocycles. The van der Waals surface area contributed by atoms with Gasteiger partial charge in [-0.1, -0.05) is 25.1 Å². The van der Waals surface area contributed by atoms with Crippen LogP contribution in [0.4, 0.5) is 5.69 Å². The van der Waals surface area contributed by atoms with Gasteiger partial charge in [-0.2, -0.15) is 0 Å². The Morgan fingerprint density at radius 1 is 1.03 bits per heavy atom. The van der Waals surface area contributed by atoms with Crippen LogP contribution in [0.15, 0.2) is 54.1 Å². The Kier molecular flexibility index (Phi) is 6.43. The van der Waals surface area contributed by atoms with Gasteiger partial charge >= 0.3 is 0 Å². The van der Waals surface area contributed by atoms with Gasteiger partial charge in [0.1, 0.15) is 11.5 Å². The fraction of sp³-hybridized carbons (Fsp3) is 0.346. The van der Waals surface area contributed by atoms with Crippen molar-refractivity contribution in [2.45, 2.75) is 25.3 Å². The summed E-state index contributed by atoms with van der Waals surface area (Å²) in [4.78, 5) is 43.1. The van der Waals surface area contributed by atoms with Crippen LogP contribution in [0.5, 0.6) is 5.75 Å². The van der Waals surface area contributed by atoms with Crippen LogP contribution in [0.1, 0.15) is 30.9 Å². The van der Waals surface area contributed by atoms with E-state index in [1.54, 1.807) is 62.7 Å². The Labute approximate surface area is 198 Å². The molecule has 0 aromatic heterocycles. The van der Waals surface area contributed by atoms with Crippen molar-refractivity contribution in [3.8, 4) is 5.75 Å². The zero-order valence-corrected chi connectivity index (χ0v) is 19.5. The second kappa shape index (κ2) is 9.30. The first-order valence-corrected chi connectivity index (χ1v) is 11.3. The highest BCUT2D eigenvalue weighted by atomic mass is 16.5. The molecule has 1 spiro atoms. The molecule has 0 radical (unpaired) electrons.